The fourth-order valence-corrected chi connectivity index (χ4v) is 5.05. The first kappa shape index (κ1) is 22.1. The van der Waals surface area contributed by atoms with Gasteiger partial charge in [0.15, 0.2) is 5.17 Å². The molecule has 1 heterocycles. The van der Waals surface area contributed by atoms with Gasteiger partial charge in [-0.15, -0.1) is 0 Å². The Balaban J connectivity index is 1.70. The average Bonchev–Trinajstić information content (AvgIpc) is 3.03. The molecule has 1 aliphatic heterocycles. The van der Waals surface area contributed by atoms with E-state index in [0.717, 1.165) is 32.4 Å². The summed E-state index contributed by atoms with van der Waals surface area (Å²) < 4.78 is 7.64. The lowest BCUT2D eigenvalue weighted by atomic mass is 10.2. The highest BCUT2D eigenvalue weighted by molar-refractivity contribution is 9.11. The molecule has 2 aromatic rings. The summed E-state index contributed by atoms with van der Waals surface area (Å²) in [6.45, 7) is 2.88. The fraction of sp³-hybridized carbons (Fsp3) is 0.273. The van der Waals surface area contributed by atoms with Crippen molar-refractivity contribution >= 4 is 66.5 Å². The molecule has 0 atom stereocenters. The van der Waals surface area contributed by atoms with E-state index < -0.39 is 0 Å². The van der Waals surface area contributed by atoms with Crippen LogP contribution in [0.15, 0.2) is 61.3 Å². The van der Waals surface area contributed by atoms with Crippen LogP contribution in [0.5, 0.6) is 5.75 Å². The average molecular weight is 538 g/mol. The molecule has 152 valence electrons. The molecule has 0 spiro atoms. The Morgan fingerprint density at radius 3 is 2.52 bits per heavy atom. The minimum atomic E-state index is -0.145. The molecule has 2 aromatic carbocycles. The number of ether oxygens (including phenoxy) is 1. The number of benzene rings is 2. The first-order valence-corrected chi connectivity index (χ1v) is 11.9. The predicted octanol–water partition coefficient (Wildman–Crippen LogP) is 7.06. The zero-order valence-electron chi connectivity index (χ0n) is 16.1. The third-order valence-corrected chi connectivity index (χ3v) is 6.29. The molecule has 0 aliphatic carbocycles. The Hall–Kier alpha value is -1.57. The second-order valence-electron chi connectivity index (χ2n) is 6.54. The second kappa shape index (κ2) is 11.0. The normalized spacial score (nSPS) is 16.4. The van der Waals surface area contributed by atoms with Crippen LogP contribution >= 0.6 is 43.6 Å². The number of hydrogen-bond donors (Lipinski definition) is 1. The van der Waals surface area contributed by atoms with Crippen LogP contribution in [-0.4, -0.2) is 17.7 Å². The largest absolute Gasteiger partial charge is 0.491 e. The number of para-hydroxylation sites is 1. The Labute approximate surface area is 192 Å². The van der Waals surface area contributed by atoms with E-state index in [4.69, 9.17) is 4.74 Å². The van der Waals surface area contributed by atoms with Crippen molar-refractivity contribution in [2.24, 2.45) is 4.99 Å². The van der Waals surface area contributed by atoms with Gasteiger partial charge in [-0.25, -0.2) is 4.99 Å². The molecule has 1 saturated heterocycles. The summed E-state index contributed by atoms with van der Waals surface area (Å²) in [5.74, 6) is 0.645. The number of carbonyl (C=O) groups is 1. The Morgan fingerprint density at radius 2 is 1.83 bits per heavy atom. The summed E-state index contributed by atoms with van der Waals surface area (Å²) in [7, 11) is 0. The maximum absolute atomic E-state index is 12.3. The molecular formula is C22H22Br2N2O2S. The molecule has 0 aromatic heterocycles. The SMILES string of the molecule is CCCCCCOc1c(Br)cc(/C=C2/SC(=Nc3ccccc3)NC2=O)cc1Br. The van der Waals surface area contributed by atoms with Gasteiger partial charge in [0.05, 0.1) is 26.1 Å². The number of unbranched alkanes of at least 4 members (excludes halogenated alkanes) is 3. The number of carbonyl (C=O) groups excluding carboxylic acids is 1. The maximum atomic E-state index is 12.3. The van der Waals surface area contributed by atoms with Gasteiger partial charge in [-0.2, -0.15) is 0 Å². The molecule has 3 rings (SSSR count). The van der Waals surface area contributed by atoms with Gasteiger partial charge in [0.1, 0.15) is 5.75 Å². The number of hydrogen-bond acceptors (Lipinski definition) is 4. The van der Waals surface area contributed by atoms with Crippen molar-refractivity contribution in [1.29, 1.82) is 0 Å². The van der Waals surface area contributed by atoms with Gasteiger partial charge in [-0.3, -0.25) is 4.79 Å². The van der Waals surface area contributed by atoms with Crippen LogP contribution < -0.4 is 10.1 Å². The first-order valence-electron chi connectivity index (χ1n) is 9.53. The molecular weight excluding hydrogens is 516 g/mol. The van der Waals surface area contributed by atoms with Gasteiger partial charge in [-0.05, 0) is 85.9 Å². The van der Waals surface area contributed by atoms with Gasteiger partial charge in [0, 0.05) is 0 Å². The zero-order chi connectivity index (χ0) is 20.6. The summed E-state index contributed by atoms with van der Waals surface area (Å²) in [6.07, 6.45) is 6.51. The van der Waals surface area contributed by atoms with Crippen molar-refractivity contribution in [2.45, 2.75) is 32.6 Å². The van der Waals surface area contributed by atoms with E-state index in [1.165, 1.54) is 31.0 Å². The number of halogens is 2. The molecule has 0 saturated carbocycles. The first-order chi connectivity index (χ1) is 14.1. The molecule has 0 bridgehead atoms. The fourth-order valence-electron chi connectivity index (χ4n) is 2.76. The van der Waals surface area contributed by atoms with Crippen molar-refractivity contribution in [1.82, 2.24) is 5.32 Å². The van der Waals surface area contributed by atoms with E-state index in [1.54, 1.807) is 0 Å². The highest BCUT2D eigenvalue weighted by atomic mass is 79.9. The van der Waals surface area contributed by atoms with Crippen molar-refractivity contribution < 1.29 is 9.53 Å². The van der Waals surface area contributed by atoms with Crippen molar-refractivity contribution in [3.05, 3.63) is 61.9 Å². The number of thioether (sulfide) groups is 1. The summed E-state index contributed by atoms with van der Waals surface area (Å²) in [4.78, 5) is 17.4. The van der Waals surface area contributed by atoms with E-state index in [2.05, 4.69) is 49.1 Å². The Bertz CT molecular complexity index is 907. The van der Waals surface area contributed by atoms with E-state index in [0.29, 0.717) is 16.7 Å². The number of amides is 1. The standard InChI is InChI=1S/C22H22Br2N2O2S/c1-2-3-4-8-11-28-20-17(23)12-15(13-18(20)24)14-19-21(27)26-22(29-19)25-16-9-6-5-7-10-16/h5-7,9-10,12-14H,2-4,8,11H2,1H3,(H,25,26,27)/b19-14+. The minimum Gasteiger partial charge on any atom is -0.491 e. The highest BCUT2D eigenvalue weighted by Gasteiger charge is 2.24. The van der Waals surface area contributed by atoms with Gasteiger partial charge in [-0.1, -0.05) is 44.4 Å². The summed E-state index contributed by atoms with van der Waals surface area (Å²) in [5, 5.41) is 3.40. The van der Waals surface area contributed by atoms with Crippen LogP contribution in [0.25, 0.3) is 6.08 Å². The summed E-state index contributed by atoms with van der Waals surface area (Å²) >= 11 is 8.51. The van der Waals surface area contributed by atoms with E-state index in [9.17, 15) is 4.79 Å². The predicted molar refractivity (Wildman–Crippen MR) is 129 cm³/mol. The Morgan fingerprint density at radius 1 is 1.10 bits per heavy atom. The molecule has 0 unspecified atom stereocenters. The van der Waals surface area contributed by atoms with Crippen LogP contribution in [0.1, 0.15) is 38.2 Å². The third-order valence-electron chi connectivity index (χ3n) is 4.20. The molecule has 1 N–H and O–H groups in total. The molecule has 7 heteroatoms. The quantitative estimate of drug-likeness (QED) is 0.289. The van der Waals surface area contributed by atoms with Gasteiger partial charge in [0.2, 0.25) is 0 Å². The highest BCUT2D eigenvalue weighted by Crippen LogP contribution is 2.37. The van der Waals surface area contributed by atoms with Crippen LogP contribution in [0, 0.1) is 0 Å². The topological polar surface area (TPSA) is 50.7 Å². The van der Waals surface area contributed by atoms with Crippen LogP contribution in [0.3, 0.4) is 0 Å². The lowest BCUT2D eigenvalue weighted by Crippen LogP contribution is -2.19. The van der Waals surface area contributed by atoms with Crippen LogP contribution in [0.2, 0.25) is 0 Å². The minimum absolute atomic E-state index is 0.145. The van der Waals surface area contributed by atoms with Crippen molar-refractivity contribution in [2.75, 3.05) is 6.61 Å². The van der Waals surface area contributed by atoms with Gasteiger partial charge in [0.25, 0.3) is 5.91 Å². The number of nitrogens with zero attached hydrogens (tertiary/aromatic N) is 1. The second-order valence-corrected chi connectivity index (χ2v) is 9.28. The molecule has 1 fully saturated rings. The number of amidine groups is 1. The smallest absolute Gasteiger partial charge is 0.264 e. The lowest BCUT2D eigenvalue weighted by Gasteiger charge is -2.11. The summed E-state index contributed by atoms with van der Waals surface area (Å²) in [5.41, 5.74) is 1.71. The number of nitrogens with one attached hydrogen (secondary N) is 1. The molecule has 0 radical (unpaired) electrons. The monoisotopic (exact) mass is 536 g/mol. The van der Waals surface area contributed by atoms with E-state index in [-0.39, 0.29) is 5.91 Å². The molecule has 1 amide bonds. The van der Waals surface area contributed by atoms with E-state index in [1.807, 2.05) is 48.5 Å². The third kappa shape index (κ3) is 6.46. The van der Waals surface area contributed by atoms with Crippen molar-refractivity contribution in [3.63, 3.8) is 0 Å². The molecule has 4 nitrogen and oxygen atoms in total. The van der Waals surface area contributed by atoms with Gasteiger partial charge < -0.3 is 10.1 Å². The zero-order valence-corrected chi connectivity index (χ0v) is 20.1. The number of rotatable bonds is 8. The van der Waals surface area contributed by atoms with Gasteiger partial charge >= 0.3 is 0 Å². The van der Waals surface area contributed by atoms with Crippen molar-refractivity contribution in [3.8, 4) is 5.75 Å². The molecule has 29 heavy (non-hydrogen) atoms. The molecule has 1 aliphatic rings. The van der Waals surface area contributed by atoms with E-state index >= 15 is 0 Å². The number of aliphatic imine (C=N–C) groups is 1. The Kier molecular flexibility index (Phi) is 8.39. The lowest BCUT2D eigenvalue weighted by molar-refractivity contribution is -0.115. The van der Waals surface area contributed by atoms with Crippen LogP contribution in [0.4, 0.5) is 5.69 Å². The maximum Gasteiger partial charge on any atom is 0.264 e. The summed E-state index contributed by atoms with van der Waals surface area (Å²) in [6, 6.07) is 13.5. The van der Waals surface area contributed by atoms with Crippen LogP contribution in [-0.2, 0) is 4.79 Å².